The Morgan fingerprint density at radius 3 is 2.15 bits per heavy atom. The summed E-state index contributed by atoms with van der Waals surface area (Å²) in [5.74, 6) is 0. The molecule has 1 heterocycles. The quantitative estimate of drug-likeness (QED) is 0.461. The van der Waals surface area contributed by atoms with Gasteiger partial charge < -0.3 is 4.90 Å². The molecule has 0 fully saturated rings. The number of para-hydroxylation sites is 2. The summed E-state index contributed by atoms with van der Waals surface area (Å²) in [5.41, 5.74) is 10.5. The molecule has 1 nitrogen and oxygen atoms in total. The molecule has 1 aliphatic heterocycles. The van der Waals surface area contributed by atoms with E-state index in [0.29, 0.717) is 0 Å². The molecular formula is C25H21N. The Morgan fingerprint density at radius 1 is 0.731 bits per heavy atom. The number of hydrogen-bond acceptors (Lipinski definition) is 1. The van der Waals surface area contributed by atoms with Crippen LogP contribution in [0.2, 0.25) is 0 Å². The predicted octanol–water partition coefficient (Wildman–Crippen LogP) is 7.04. The van der Waals surface area contributed by atoms with Gasteiger partial charge in [0.05, 0.1) is 11.4 Å². The number of fused-ring (bicyclic) bond motifs is 4. The van der Waals surface area contributed by atoms with E-state index in [4.69, 9.17) is 0 Å². The molecule has 0 N–H and O–H groups in total. The van der Waals surface area contributed by atoms with E-state index in [9.17, 15) is 0 Å². The van der Waals surface area contributed by atoms with Gasteiger partial charge in [-0.3, -0.25) is 0 Å². The maximum atomic E-state index is 2.41. The van der Waals surface area contributed by atoms with E-state index in [0.717, 1.165) is 12.8 Å². The number of benzene rings is 3. The van der Waals surface area contributed by atoms with E-state index in [-0.39, 0.29) is 0 Å². The topological polar surface area (TPSA) is 3.24 Å². The number of nitrogens with zero attached hydrogens (tertiary/aromatic N) is 1. The maximum Gasteiger partial charge on any atom is 0.0540 e. The SMILES string of the molecule is Cc1ccc(N2c3ccccc3C3=C(CCC=C3)c3ccccc32)cc1. The van der Waals surface area contributed by atoms with Crippen LogP contribution in [0.1, 0.15) is 29.5 Å². The van der Waals surface area contributed by atoms with Crippen molar-refractivity contribution in [2.24, 2.45) is 0 Å². The van der Waals surface area contributed by atoms with Gasteiger partial charge >= 0.3 is 0 Å². The average molecular weight is 335 g/mol. The lowest BCUT2D eigenvalue weighted by Gasteiger charge is -2.27. The molecule has 3 aromatic carbocycles. The lowest BCUT2D eigenvalue weighted by Crippen LogP contribution is -2.11. The highest BCUT2D eigenvalue weighted by molar-refractivity contribution is 6.06. The third-order valence-corrected chi connectivity index (χ3v) is 5.37. The van der Waals surface area contributed by atoms with Gasteiger partial charge in [-0.1, -0.05) is 66.2 Å². The Labute approximate surface area is 154 Å². The summed E-state index contributed by atoms with van der Waals surface area (Å²) in [5, 5.41) is 0. The van der Waals surface area contributed by atoms with Crippen LogP contribution in [0.3, 0.4) is 0 Å². The third-order valence-electron chi connectivity index (χ3n) is 5.37. The zero-order valence-electron chi connectivity index (χ0n) is 14.9. The average Bonchev–Trinajstić information content (AvgIpc) is 2.82. The Morgan fingerprint density at radius 2 is 1.38 bits per heavy atom. The highest BCUT2D eigenvalue weighted by atomic mass is 15.1. The van der Waals surface area contributed by atoms with Crippen molar-refractivity contribution in [2.75, 3.05) is 4.90 Å². The fourth-order valence-corrected chi connectivity index (χ4v) is 4.12. The van der Waals surface area contributed by atoms with Crippen molar-refractivity contribution in [1.29, 1.82) is 0 Å². The highest BCUT2D eigenvalue weighted by Crippen LogP contribution is 2.49. The lowest BCUT2D eigenvalue weighted by atomic mass is 9.88. The van der Waals surface area contributed by atoms with E-state index in [1.54, 1.807) is 0 Å². The smallest absolute Gasteiger partial charge is 0.0540 e. The monoisotopic (exact) mass is 335 g/mol. The molecule has 126 valence electrons. The Bertz CT molecular complexity index is 1040. The van der Waals surface area contributed by atoms with Crippen LogP contribution in [0.15, 0.2) is 84.9 Å². The summed E-state index contributed by atoms with van der Waals surface area (Å²) >= 11 is 0. The van der Waals surface area contributed by atoms with E-state index in [1.165, 1.54) is 44.9 Å². The number of anilines is 3. The predicted molar refractivity (Wildman–Crippen MR) is 111 cm³/mol. The molecule has 0 saturated carbocycles. The minimum atomic E-state index is 1.10. The lowest BCUT2D eigenvalue weighted by molar-refractivity contribution is 1.06. The van der Waals surface area contributed by atoms with Crippen molar-refractivity contribution in [3.8, 4) is 0 Å². The normalized spacial score (nSPS) is 15.2. The van der Waals surface area contributed by atoms with Crippen LogP contribution in [-0.2, 0) is 0 Å². The molecule has 5 rings (SSSR count). The zero-order chi connectivity index (χ0) is 17.5. The fourth-order valence-electron chi connectivity index (χ4n) is 4.12. The molecule has 0 aromatic heterocycles. The number of aryl methyl sites for hydroxylation is 1. The fraction of sp³-hybridized carbons (Fsp3) is 0.120. The van der Waals surface area contributed by atoms with E-state index in [1.807, 2.05) is 0 Å². The van der Waals surface area contributed by atoms with Crippen LogP contribution >= 0.6 is 0 Å². The van der Waals surface area contributed by atoms with Gasteiger partial charge in [-0.25, -0.2) is 0 Å². The molecule has 0 spiro atoms. The first-order valence-electron chi connectivity index (χ1n) is 9.28. The van der Waals surface area contributed by atoms with Gasteiger partial charge in [0.15, 0.2) is 0 Å². The molecular weight excluding hydrogens is 314 g/mol. The second-order valence-corrected chi connectivity index (χ2v) is 7.04. The van der Waals surface area contributed by atoms with Crippen molar-refractivity contribution in [3.05, 3.63) is 102 Å². The summed E-state index contributed by atoms with van der Waals surface area (Å²) in [7, 11) is 0. The molecule has 0 unspecified atom stereocenters. The van der Waals surface area contributed by atoms with Crippen LogP contribution < -0.4 is 4.90 Å². The minimum absolute atomic E-state index is 1.10. The van der Waals surface area contributed by atoms with Crippen LogP contribution in [-0.4, -0.2) is 0 Å². The largest absolute Gasteiger partial charge is 0.309 e. The minimum Gasteiger partial charge on any atom is -0.309 e. The van der Waals surface area contributed by atoms with Gasteiger partial charge in [-0.05, 0) is 55.2 Å². The zero-order valence-corrected chi connectivity index (χ0v) is 14.9. The van der Waals surface area contributed by atoms with Gasteiger partial charge in [-0.15, -0.1) is 0 Å². The van der Waals surface area contributed by atoms with Crippen molar-refractivity contribution in [3.63, 3.8) is 0 Å². The van der Waals surface area contributed by atoms with Crippen LogP contribution in [0.25, 0.3) is 11.1 Å². The van der Waals surface area contributed by atoms with Crippen molar-refractivity contribution in [2.45, 2.75) is 19.8 Å². The van der Waals surface area contributed by atoms with Crippen LogP contribution in [0.4, 0.5) is 17.1 Å². The third kappa shape index (κ3) is 2.32. The summed E-state index contributed by atoms with van der Waals surface area (Å²) in [6, 6.07) is 26.5. The first-order valence-corrected chi connectivity index (χ1v) is 9.28. The first-order chi connectivity index (χ1) is 12.8. The Hall–Kier alpha value is -3.06. The maximum absolute atomic E-state index is 2.41. The summed E-state index contributed by atoms with van der Waals surface area (Å²) in [6.07, 6.45) is 6.83. The molecule has 0 bridgehead atoms. The standard InChI is InChI=1S/C25H21N/c1-18-14-16-19(17-15-18)26-24-12-6-4-10-22(24)20-8-2-3-9-21(20)23-11-5-7-13-25(23)26/h2,4-8,10-17H,3,9H2,1H3. The van der Waals surface area contributed by atoms with Gasteiger partial charge in [0.25, 0.3) is 0 Å². The highest BCUT2D eigenvalue weighted by Gasteiger charge is 2.26. The van der Waals surface area contributed by atoms with Crippen LogP contribution in [0, 0.1) is 6.92 Å². The van der Waals surface area contributed by atoms with Crippen molar-refractivity contribution in [1.82, 2.24) is 0 Å². The molecule has 1 aliphatic carbocycles. The summed E-state index contributed by atoms with van der Waals surface area (Å²) in [6.45, 7) is 2.14. The summed E-state index contributed by atoms with van der Waals surface area (Å²) in [4.78, 5) is 2.41. The van der Waals surface area contributed by atoms with E-state index >= 15 is 0 Å². The molecule has 26 heavy (non-hydrogen) atoms. The van der Waals surface area contributed by atoms with Crippen molar-refractivity contribution < 1.29 is 0 Å². The van der Waals surface area contributed by atoms with Gasteiger partial charge in [0.1, 0.15) is 0 Å². The molecule has 2 aliphatic rings. The first kappa shape index (κ1) is 15.2. The van der Waals surface area contributed by atoms with Crippen molar-refractivity contribution >= 4 is 28.2 Å². The van der Waals surface area contributed by atoms with Crippen LogP contribution in [0.5, 0.6) is 0 Å². The molecule has 0 amide bonds. The summed E-state index contributed by atoms with van der Waals surface area (Å²) < 4.78 is 0. The second-order valence-electron chi connectivity index (χ2n) is 7.04. The molecule has 0 radical (unpaired) electrons. The molecule has 1 heteroatoms. The van der Waals surface area contributed by atoms with E-state index in [2.05, 4.69) is 96.8 Å². The van der Waals surface area contributed by atoms with Gasteiger partial charge in [-0.2, -0.15) is 0 Å². The van der Waals surface area contributed by atoms with Gasteiger partial charge in [0, 0.05) is 16.8 Å². The number of allylic oxidation sites excluding steroid dienone is 4. The van der Waals surface area contributed by atoms with Gasteiger partial charge in [0.2, 0.25) is 0 Å². The molecule has 0 atom stereocenters. The van der Waals surface area contributed by atoms with E-state index < -0.39 is 0 Å². The Balaban J connectivity index is 1.86. The number of rotatable bonds is 1. The Kier molecular flexibility index (Phi) is 3.53. The second kappa shape index (κ2) is 6.03. The number of hydrogen-bond donors (Lipinski definition) is 0. The molecule has 3 aromatic rings. The molecule has 0 saturated heterocycles.